The van der Waals surface area contributed by atoms with E-state index in [0.29, 0.717) is 5.69 Å². The van der Waals surface area contributed by atoms with Crippen LogP contribution in [0.15, 0.2) is 64.1 Å². The van der Waals surface area contributed by atoms with E-state index in [1.807, 2.05) is 24.3 Å². The summed E-state index contributed by atoms with van der Waals surface area (Å²) in [5.41, 5.74) is 0.437. The summed E-state index contributed by atoms with van der Waals surface area (Å²) in [5, 5.41) is 1.52. The molecule has 0 aliphatic heterocycles. The molecule has 4 nitrogen and oxygen atoms in total. The first-order chi connectivity index (χ1) is 10.1. The van der Waals surface area contributed by atoms with Crippen LogP contribution in [0.2, 0.25) is 0 Å². The molecule has 1 aromatic heterocycles. The van der Waals surface area contributed by atoms with E-state index in [4.69, 9.17) is 0 Å². The molecule has 0 saturated heterocycles. The molecule has 6 heteroatoms. The highest BCUT2D eigenvalue weighted by molar-refractivity contribution is 9.10. The summed E-state index contributed by atoms with van der Waals surface area (Å²) in [6, 6.07) is 13.8. The molecule has 0 fully saturated rings. The Morgan fingerprint density at radius 1 is 1.05 bits per heavy atom. The van der Waals surface area contributed by atoms with Crippen molar-refractivity contribution in [3.8, 4) is 0 Å². The molecule has 0 aliphatic carbocycles. The Balaban J connectivity index is 2.03. The summed E-state index contributed by atoms with van der Waals surface area (Å²) >= 11 is 3.28. The van der Waals surface area contributed by atoms with Gasteiger partial charge in [-0.2, -0.15) is 0 Å². The lowest BCUT2D eigenvalue weighted by Crippen LogP contribution is -2.13. The first-order valence-electron chi connectivity index (χ1n) is 6.10. The van der Waals surface area contributed by atoms with Crippen LogP contribution in [0.1, 0.15) is 0 Å². The second-order valence-corrected chi connectivity index (χ2v) is 6.99. The number of aromatic nitrogens is 1. The van der Waals surface area contributed by atoms with E-state index >= 15 is 0 Å². The summed E-state index contributed by atoms with van der Waals surface area (Å²) < 4.78 is 28.2. The molecular weight excluding hydrogens is 352 g/mol. The van der Waals surface area contributed by atoms with Crippen molar-refractivity contribution >= 4 is 42.4 Å². The van der Waals surface area contributed by atoms with Crippen LogP contribution < -0.4 is 4.72 Å². The van der Waals surface area contributed by atoms with Crippen molar-refractivity contribution in [2.24, 2.45) is 0 Å². The highest BCUT2D eigenvalue weighted by Gasteiger charge is 2.15. The minimum Gasteiger partial charge on any atom is -0.277 e. The van der Waals surface area contributed by atoms with Crippen molar-refractivity contribution in [3.05, 3.63) is 65.4 Å². The second-order valence-electron chi connectivity index (χ2n) is 4.39. The third kappa shape index (κ3) is 2.91. The van der Waals surface area contributed by atoms with Gasteiger partial charge in [-0.25, -0.2) is 8.42 Å². The van der Waals surface area contributed by atoms with E-state index in [9.17, 15) is 8.42 Å². The van der Waals surface area contributed by atoms with Crippen LogP contribution >= 0.6 is 15.9 Å². The Labute approximate surface area is 131 Å². The second kappa shape index (κ2) is 5.46. The van der Waals surface area contributed by atoms with Crippen LogP contribution in [0.25, 0.3) is 10.8 Å². The lowest BCUT2D eigenvalue weighted by Gasteiger charge is -2.10. The molecule has 3 aromatic rings. The summed E-state index contributed by atoms with van der Waals surface area (Å²) in [7, 11) is -3.65. The lowest BCUT2D eigenvalue weighted by molar-refractivity contribution is 0.601. The number of anilines is 1. The third-order valence-electron chi connectivity index (χ3n) is 2.96. The fraction of sp³-hybridized carbons (Fsp3) is 0. The number of pyridine rings is 1. The van der Waals surface area contributed by atoms with Crippen LogP contribution in [0.3, 0.4) is 0 Å². The topological polar surface area (TPSA) is 59.1 Å². The summed E-state index contributed by atoms with van der Waals surface area (Å²) in [4.78, 5) is 4.14. The maximum absolute atomic E-state index is 12.4. The molecule has 1 N–H and O–H groups in total. The van der Waals surface area contributed by atoms with Crippen LogP contribution in [-0.4, -0.2) is 13.4 Å². The molecule has 0 saturated carbocycles. The average molecular weight is 362 g/mol. The number of benzene rings is 2. The van der Waals surface area contributed by atoms with Gasteiger partial charge in [-0.05, 0) is 24.3 Å². The summed E-state index contributed by atoms with van der Waals surface area (Å²) in [6.45, 7) is 0. The SMILES string of the molecule is O=S(=O)(Nc1cn[c]c2ccccc12)c1ccc(Br)cc1. The highest BCUT2D eigenvalue weighted by Crippen LogP contribution is 2.24. The van der Waals surface area contributed by atoms with Gasteiger partial charge in [0.1, 0.15) is 0 Å². The molecule has 0 unspecified atom stereocenters. The van der Waals surface area contributed by atoms with Crippen molar-refractivity contribution in [1.29, 1.82) is 0 Å². The van der Waals surface area contributed by atoms with Gasteiger partial charge in [-0.3, -0.25) is 9.71 Å². The van der Waals surface area contributed by atoms with Gasteiger partial charge in [-0.15, -0.1) is 0 Å². The number of nitrogens with one attached hydrogen (secondary N) is 1. The van der Waals surface area contributed by atoms with Gasteiger partial charge < -0.3 is 0 Å². The van der Waals surface area contributed by atoms with Gasteiger partial charge >= 0.3 is 0 Å². The Hall–Kier alpha value is -1.92. The van der Waals surface area contributed by atoms with Crippen molar-refractivity contribution in [3.63, 3.8) is 0 Å². The van der Waals surface area contributed by atoms with Crippen LogP contribution in [0, 0.1) is 6.20 Å². The summed E-state index contributed by atoms with van der Waals surface area (Å²) in [5.74, 6) is 0. The van der Waals surface area contributed by atoms with Crippen LogP contribution in [-0.2, 0) is 10.0 Å². The molecule has 3 rings (SSSR count). The fourth-order valence-corrected chi connectivity index (χ4v) is 3.28. The molecule has 1 heterocycles. The van der Waals surface area contributed by atoms with E-state index in [2.05, 4.69) is 31.8 Å². The Kier molecular flexibility index (Phi) is 3.65. The van der Waals surface area contributed by atoms with Gasteiger partial charge in [0.2, 0.25) is 0 Å². The minimum atomic E-state index is -3.65. The lowest BCUT2D eigenvalue weighted by atomic mass is 10.1. The van der Waals surface area contributed by atoms with Crippen molar-refractivity contribution in [2.75, 3.05) is 4.72 Å². The first-order valence-corrected chi connectivity index (χ1v) is 8.38. The Bertz CT molecular complexity index is 888. The maximum atomic E-state index is 12.4. The van der Waals surface area contributed by atoms with Crippen molar-refractivity contribution in [1.82, 2.24) is 4.98 Å². The molecule has 105 valence electrons. The number of hydrogen-bond acceptors (Lipinski definition) is 3. The zero-order chi connectivity index (χ0) is 14.9. The van der Waals surface area contributed by atoms with Gasteiger partial charge in [-0.1, -0.05) is 40.2 Å². The van der Waals surface area contributed by atoms with Gasteiger partial charge in [0.15, 0.2) is 0 Å². The van der Waals surface area contributed by atoms with E-state index in [1.165, 1.54) is 18.3 Å². The van der Waals surface area contributed by atoms with E-state index in [0.717, 1.165) is 15.2 Å². The quantitative estimate of drug-likeness (QED) is 0.775. The van der Waals surface area contributed by atoms with E-state index < -0.39 is 10.0 Å². The van der Waals surface area contributed by atoms with Crippen LogP contribution in [0.5, 0.6) is 0 Å². The Morgan fingerprint density at radius 2 is 1.76 bits per heavy atom. The number of rotatable bonds is 3. The predicted octanol–water partition coefficient (Wildman–Crippen LogP) is 3.60. The minimum absolute atomic E-state index is 0.197. The third-order valence-corrected chi connectivity index (χ3v) is 4.87. The zero-order valence-corrected chi connectivity index (χ0v) is 13.1. The molecule has 0 atom stereocenters. The summed E-state index contributed by atoms with van der Waals surface area (Å²) in [6.07, 6.45) is 4.29. The van der Waals surface area contributed by atoms with E-state index in [1.54, 1.807) is 12.1 Å². The van der Waals surface area contributed by atoms with Gasteiger partial charge in [0.25, 0.3) is 10.0 Å². The first kappa shape index (κ1) is 14.0. The molecule has 0 aliphatic rings. The van der Waals surface area contributed by atoms with E-state index in [-0.39, 0.29) is 4.90 Å². The number of fused-ring (bicyclic) bond motifs is 1. The Morgan fingerprint density at radius 3 is 2.52 bits per heavy atom. The monoisotopic (exact) mass is 361 g/mol. The molecule has 0 bridgehead atoms. The predicted molar refractivity (Wildman–Crippen MR) is 85.5 cm³/mol. The fourth-order valence-electron chi connectivity index (χ4n) is 1.95. The molecule has 2 aromatic carbocycles. The van der Waals surface area contributed by atoms with Gasteiger partial charge in [0, 0.05) is 15.2 Å². The largest absolute Gasteiger partial charge is 0.277 e. The van der Waals surface area contributed by atoms with Crippen molar-refractivity contribution < 1.29 is 8.42 Å². The smallest absolute Gasteiger partial charge is 0.261 e. The molecule has 21 heavy (non-hydrogen) atoms. The molecule has 0 amide bonds. The number of nitrogens with zero attached hydrogens (tertiary/aromatic N) is 1. The number of hydrogen-bond donors (Lipinski definition) is 1. The van der Waals surface area contributed by atoms with Crippen LogP contribution in [0.4, 0.5) is 5.69 Å². The highest BCUT2D eigenvalue weighted by atomic mass is 79.9. The molecule has 0 spiro atoms. The zero-order valence-electron chi connectivity index (χ0n) is 10.7. The average Bonchev–Trinajstić information content (AvgIpc) is 2.48. The molecular formula is C15H10BrN2O2S. The normalized spacial score (nSPS) is 11.5. The molecule has 1 radical (unpaired) electrons. The van der Waals surface area contributed by atoms with Crippen molar-refractivity contribution in [2.45, 2.75) is 4.90 Å². The number of sulfonamides is 1. The standard InChI is InChI=1S/C15H10BrN2O2S/c16-12-5-7-13(8-6-12)21(19,20)18-15-10-17-9-11-3-1-2-4-14(11)15/h1-8,10,18H. The van der Waals surface area contributed by atoms with Gasteiger partial charge in [0.05, 0.1) is 23.0 Å². The maximum Gasteiger partial charge on any atom is 0.261 e. The number of halogens is 1.